The van der Waals surface area contributed by atoms with Crippen molar-refractivity contribution in [1.82, 2.24) is 4.98 Å². The number of rotatable bonds is 4. The highest BCUT2D eigenvalue weighted by Gasteiger charge is 2.18. The number of carbonyl (C=O) groups excluding carboxylic acids is 1. The number of hydrogen-bond acceptors (Lipinski definition) is 7. The molecule has 1 atom stereocenters. The summed E-state index contributed by atoms with van der Waals surface area (Å²) in [6.07, 6.45) is 1.44. The highest BCUT2D eigenvalue weighted by Crippen LogP contribution is 2.20. The molecule has 0 aliphatic carbocycles. The summed E-state index contributed by atoms with van der Waals surface area (Å²) >= 11 is 0. The number of aromatic nitrogens is 1. The van der Waals surface area contributed by atoms with Gasteiger partial charge in [-0.15, -0.1) is 0 Å². The molecule has 0 saturated heterocycles. The van der Waals surface area contributed by atoms with E-state index in [0.29, 0.717) is 5.56 Å². The highest BCUT2D eigenvalue weighted by atomic mass is 16.6. The van der Waals surface area contributed by atoms with E-state index in [4.69, 9.17) is 11.5 Å². The number of nitro groups is 1. The quantitative estimate of drug-likeness (QED) is 0.415. The molecule has 1 heterocycles. The van der Waals surface area contributed by atoms with Gasteiger partial charge in [-0.25, -0.2) is 4.98 Å². The second-order valence-electron chi connectivity index (χ2n) is 3.34. The lowest BCUT2D eigenvalue weighted by Crippen LogP contribution is -2.33. The zero-order valence-electron chi connectivity index (χ0n) is 9.12. The lowest BCUT2D eigenvalue weighted by atomic mass is 10.1. The Hall–Kier alpha value is -2.22. The molecule has 0 aliphatic heterocycles. The molecule has 1 aromatic heterocycles. The number of nitrogens with two attached hydrogens (primary N) is 2. The lowest BCUT2D eigenvalue weighted by molar-refractivity contribution is -0.384. The standard InChI is InChI=1S/C9H12N4O4/c1-17-9(14)6(10)2-5-3-7(13(15)16)8(11)12-4-5/h3-4,6H,2,10H2,1H3,(H2,11,12)/t6-/m0/s1. The van der Waals surface area contributed by atoms with Crippen LogP contribution in [0.3, 0.4) is 0 Å². The fourth-order valence-electron chi connectivity index (χ4n) is 1.25. The predicted octanol–water partition coefficient (Wildman–Crippen LogP) is -0.385. The van der Waals surface area contributed by atoms with Crippen molar-refractivity contribution in [3.63, 3.8) is 0 Å². The molecular formula is C9H12N4O4. The molecule has 1 aromatic rings. The van der Waals surface area contributed by atoms with E-state index in [1.165, 1.54) is 19.4 Å². The minimum atomic E-state index is -0.884. The van der Waals surface area contributed by atoms with E-state index < -0.39 is 16.9 Å². The van der Waals surface area contributed by atoms with E-state index in [2.05, 4.69) is 9.72 Å². The fourth-order valence-corrected chi connectivity index (χ4v) is 1.25. The molecule has 8 heteroatoms. The van der Waals surface area contributed by atoms with E-state index in [1.54, 1.807) is 0 Å². The Morgan fingerprint density at radius 2 is 2.35 bits per heavy atom. The molecule has 4 N–H and O–H groups in total. The van der Waals surface area contributed by atoms with Gasteiger partial charge in [-0.3, -0.25) is 14.9 Å². The van der Waals surface area contributed by atoms with Crippen LogP contribution in [0.25, 0.3) is 0 Å². The van der Waals surface area contributed by atoms with Crippen molar-refractivity contribution in [3.05, 3.63) is 27.9 Å². The fraction of sp³-hybridized carbons (Fsp3) is 0.333. The van der Waals surface area contributed by atoms with Crippen LogP contribution in [0.4, 0.5) is 11.5 Å². The third-order valence-corrected chi connectivity index (χ3v) is 2.11. The van der Waals surface area contributed by atoms with Gasteiger partial charge < -0.3 is 16.2 Å². The van der Waals surface area contributed by atoms with Gasteiger partial charge in [-0.1, -0.05) is 0 Å². The molecule has 0 spiro atoms. The van der Waals surface area contributed by atoms with Crippen molar-refractivity contribution in [2.75, 3.05) is 12.8 Å². The topological polar surface area (TPSA) is 134 Å². The first-order valence-corrected chi connectivity index (χ1v) is 4.68. The Kier molecular flexibility index (Phi) is 3.94. The van der Waals surface area contributed by atoms with Crippen LogP contribution in [-0.4, -0.2) is 29.0 Å². The number of methoxy groups -OCH3 is 1. The minimum Gasteiger partial charge on any atom is -0.468 e. The van der Waals surface area contributed by atoms with Gasteiger partial charge >= 0.3 is 11.7 Å². The van der Waals surface area contributed by atoms with Gasteiger partial charge in [-0.05, 0) is 12.0 Å². The van der Waals surface area contributed by atoms with Crippen molar-refractivity contribution in [2.45, 2.75) is 12.5 Å². The molecule has 0 aromatic carbocycles. The maximum Gasteiger partial charge on any atom is 0.322 e. The average molecular weight is 240 g/mol. The third kappa shape index (κ3) is 3.11. The molecule has 0 fully saturated rings. The maximum atomic E-state index is 11.1. The SMILES string of the molecule is COC(=O)[C@@H](N)Cc1cnc(N)c([N+](=O)[O-])c1. The molecule has 0 saturated carbocycles. The normalized spacial score (nSPS) is 11.9. The van der Waals surface area contributed by atoms with E-state index in [1.807, 2.05) is 0 Å². The van der Waals surface area contributed by atoms with Gasteiger partial charge in [0.1, 0.15) is 6.04 Å². The van der Waals surface area contributed by atoms with Crippen LogP contribution >= 0.6 is 0 Å². The molecule has 0 unspecified atom stereocenters. The number of nitrogens with zero attached hydrogens (tertiary/aromatic N) is 2. The van der Waals surface area contributed by atoms with Crippen LogP contribution in [0.1, 0.15) is 5.56 Å². The van der Waals surface area contributed by atoms with Gasteiger partial charge in [-0.2, -0.15) is 0 Å². The van der Waals surface area contributed by atoms with E-state index in [9.17, 15) is 14.9 Å². The van der Waals surface area contributed by atoms with E-state index in [-0.39, 0.29) is 17.9 Å². The first-order valence-electron chi connectivity index (χ1n) is 4.68. The highest BCUT2D eigenvalue weighted by molar-refractivity contribution is 5.75. The van der Waals surface area contributed by atoms with Crippen molar-refractivity contribution in [1.29, 1.82) is 0 Å². The van der Waals surface area contributed by atoms with Crippen molar-refractivity contribution in [3.8, 4) is 0 Å². The largest absolute Gasteiger partial charge is 0.468 e. The Morgan fingerprint density at radius 3 is 2.88 bits per heavy atom. The summed E-state index contributed by atoms with van der Waals surface area (Å²) in [5, 5.41) is 10.6. The molecule has 0 radical (unpaired) electrons. The Bertz CT molecular complexity index is 449. The first-order chi connectivity index (χ1) is 7.95. The second kappa shape index (κ2) is 5.21. The molecule has 8 nitrogen and oxygen atoms in total. The van der Waals surface area contributed by atoms with Gasteiger partial charge in [0.25, 0.3) is 0 Å². The molecule has 1 rings (SSSR count). The predicted molar refractivity (Wildman–Crippen MR) is 59.0 cm³/mol. The second-order valence-corrected chi connectivity index (χ2v) is 3.34. The number of carbonyl (C=O) groups is 1. The first kappa shape index (κ1) is 12.8. The Morgan fingerprint density at radius 1 is 1.71 bits per heavy atom. The van der Waals surface area contributed by atoms with Gasteiger partial charge in [0.15, 0.2) is 0 Å². The number of pyridine rings is 1. The smallest absolute Gasteiger partial charge is 0.322 e. The summed E-state index contributed by atoms with van der Waals surface area (Å²) in [4.78, 5) is 24.7. The van der Waals surface area contributed by atoms with Crippen LogP contribution < -0.4 is 11.5 Å². The number of nitrogen functional groups attached to an aromatic ring is 1. The van der Waals surface area contributed by atoms with Crippen molar-refractivity contribution >= 4 is 17.5 Å². The summed E-state index contributed by atoms with van der Waals surface area (Å²) in [7, 11) is 1.21. The molecule has 0 amide bonds. The van der Waals surface area contributed by atoms with Gasteiger partial charge in [0, 0.05) is 12.3 Å². The van der Waals surface area contributed by atoms with Crippen molar-refractivity contribution in [2.24, 2.45) is 5.73 Å². The number of esters is 1. The molecule has 0 bridgehead atoms. The molecule has 0 aliphatic rings. The van der Waals surface area contributed by atoms with Crippen LogP contribution in [0.2, 0.25) is 0 Å². The zero-order valence-corrected chi connectivity index (χ0v) is 9.12. The minimum absolute atomic E-state index is 0.0980. The summed E-state index contributed by atoms with van der Waals surface area (Å²) in [6.45, 7) is 0. The Balaban J connectivity index is 2.90. The number of hydrogen-bond donors (Lipinski definition) is 2. The van der Waals surface area contributed by atoms with Crippen LogP contribution in [-0.2, 0) is 16.0 Å². The summed E-state index contributed by atoms with van der Waals surface area (Å²) < 4.78 is 4.44. The van der Waals surface area contributed by atoms with Gasteiger partial charge in [0.2, 0.25) is 5.82 Å². The monoisotopic (exact) mass is 240 g/mol. The average Bonchev–Trinajstić information content (AvgIpc) is 2.30. The van der Waals surface area contributed by atoms with E-state index >= 15 is 0 Å². The maximum absolute atomic E-state index is 11.1. The number of ether oxygens (including phenoxy) is 1. The van der Waals surface area contributed by atoms with Crippen molar-refractivity contribution < 1.29 is 14.5 Å². The molecule has 92 valence electrons. The summed E-state index contributed by atoms with van der Waals surface area (Å²) in [5.41, 5.74) is 11.0. The van der Waals surface area contributed by atoms with Crippen LogP contribution in [0.15, 0.2) is 12.3 Å². The lowest BCUT2D eigenvalue weighted by Gasteiger charge is -2.08. The summed E-state index contributed by atoms with van der Waals surface area (Å²) in [6, 6.07) is 0.357. The van der Waals surface area contributed by atoms with Gasteiger partial charge in [0.05, 0.1) is 12.0 Å². The molecule has 17 heavy (non-hydrogen) atoms. The number of anilines is 1. The Labute approximate surface area is 96.7 Å². The third-order valence-electron chi connectivity index (χ3n) is 2.11. The molecular weight excluding hydrogens is 228 g/mol. The van der Waals surface area contributed by atoms with E-state index in [0.717, 1.165) is 0 Å². The zero-order chi connectivity index (χ0) is 13.0. The van der Waals surface area contributed by atoms with Crippen LogP contribution in [0.5, 0.6) is 0 Å². The van der Waals surface area contributed by atoms with Crippen LogP contribution in [0, 0.1) is 10.1 Å². The summed E-state index contributed by atoms with van der Waals surface area (Å²) in [5.74, 6) is -0.769.